The van der Waals surface area contributed by atoms with Gasteiger partial charge in [-0.1, -0.05) is 0 Å². The first-order valence-corrected chi connectivity index (χ1v) is 8.59. The molecular weight excluding hydrogens is 292 g/mol. The van der Waals surface area contributed by atoms with Gasteiger partial charge in [0.05, 0.1) is 13.2 Å². The van der Waals surface area contributed by atoms with Gasteiger partial charge >= 0.3 is 0 Å². The Balaban J connectivity index is 1.48. The molecule has 0 aromatic carbocycles. The van der Waals surface area contributed by atoms with Crippen LogP contribution in [0.2, 0.25) is 0 Å². The van der Waals surface area contributed by atoms with E-state index in [4.69, 9.17) is 4.74 Å². The van der Waals surface area contributed by atoms with E-state index < -0.39 is 0 Å². The molecule has 0 saturated carbocycles. The maximum absolute atomic E-state index is 12.0. The fourth-order valence-corrected chi connectivity index (χ4v) is 3.11. The van der Waals surface area contributed by atoms with Crippen LogP contribution < -0.4 is 15.5 Å². The lowest BCUT2D eigenvalue weighted by molar-refractivity contribution is -0.122. The number of hydrogen-bond acceptors (Lipinski definition) is 5. The van der Waals surface area contributed by atoms with Crippen molar-refractivity contribution in [3.05, 3.63) is 23.9 Å². The summed E-state index contributed by atoms with van der Waals surface area (Å²) in [6.45, 7) is 4.87. The topological polar surface area (TPSA) is 66.5 Å². The Kier molecular flexibility index (Phi) is 5.82. The van der Waals surface area contributed by atoms with Gasteiger partial charge < -0.3 is 20.3 Å². The number of anilines is 1. The van der Waals surface area contributed by atoms with Gasteiger partial charge in [0, 0.05) is 44.8 Å². The Morgan fingerprint density at radius 3 is 3.04 bits per heavy atom. The Labute approximate surface area is 137 Å². The third kappa shape index (κ3) is 4.91. The maximum Gasteiger partial charge on any atom is 0.221 e. The van der Waals surface area contributed by atoms with Crippen molar-refractivity contribution in [1.29, 1.82) is 0 Å². The number of morpholine rings is 1. The monoisotopic (exact) mass is 318 g/mol. The van der Waals surface area contributed by atoms with E-state index in [2.05, 4.69) is 26.6 Å². The molecule has 2 fully saturated rings. The van der Waals surface area contributed by atoms with Gasteiger partial charge in [0.1, 0.15) is 5.82 Å². The summed E-state index contributed by atoms with van der Waals surface area (Å²) in [7, 11) is 0. The molecule has 1 amide bonds. The van der Waals surface area contributed by atoms with Crippen molar-refractivity contribution in [2.75, 3.05) is 37.7 Å². The fraction of sp³-hybridized carbons (Fsp3) is 0.647. The second-order valence-electron chi connectivity index (χ2n) is 6.28. The number of pyridine rings is 1. The van der Waals surface area contributed by atoms with E-state index in [-0.39, 0.29) is 11.9 Å². The molecule has 3 heterocycles. The van der Waals surface area contributed by atoms with Crippen LogP contribution in [0.1, 0.15) is 31.2 Å². The lowest BCUT2D eigenvalue weighted by Gasteiger charge is -2.28. The van der Waals surface area contributed by atoms with Crippen LogP contribution >= 0.6 is 0 Å². The third-order valence-electron chi connectivity index (χ3n) is 4.41. The van der Waals surface area contributed by atoms with Crippen LogP contribution in [-0.2, 0) is 16.1 Å². The fourth-order valence-electron chi connectivity index (χ4n) is 3.11. The van der Waals surface area contributed by atoms with E-state index in [1.54, 1.807) is 0 Å². The van der Waals surface area contributed by atoms with E-state index >= 15 is 0 Å². The standard InChI is InChI=1S/C17H26N4O2/c22-17(11-15-13-23-9-6-18-15)20-12-14-4-5-19-16(10-14)21-7-2-1-3-8-21/h4-5,10,15,18H,1-3,6-9,11-13H2,(H,20,22). The van der Waals surface area contributed by atoms with Crippen LogP contribution in [0.3, 0.4) is 0 Å². The molecule has 6 nitrogen and oxygen atoms in total. The van der Waals surface area contributed by atoms with Crippen LogP contribution in [0, 0.1) is 0 Å². The quantitative estimate of drug-likeness (QED) is 0.850. The normalized spacial score (nSPS) is 21.9. The first-order valence-electron chi connectivity index (χ1n) is 8.59. The zero-order chi connectivity index (χ0) is 15.9. The lowest BCUT2D eigenvalue weighted by Crippen LogP contribution is -2.44. The first-order chi connectivity index (χ1) is 11.3. The molecule has 0 spiro atoms. The van der Waals surface area contributed by atoms with Gasteiger partial charge in [-0.25, -0.2) is 4.98 Å². The summed E-state index contributed by atoms with van der Waals surface area (Å²) in [5, 5.41) is 6.29. The van der Waals surface area contributed by atoms with Gasteiger partial charge in [0.2, 0.25) is 5.91 Å². The highest BCUT2D eigenvalue weighted by atomic mass is 16.5. The molecule has 1 aromatic heterocycles. The molecule has 2 aliphatic rings. The SMILES string of the molecule is O=C(CC1COCCN1)NCc1ccnc(N2CCCCC2)c1. The highest BCUT2D eigenvalue weighted by Crippen LogP contribution is 2.18. The Morgan fingerprint density at radius 2 is 2.26 bits per heavy atom. The van der Waals surface area contributed by atoms with Gasteiger partial charge in [0.25, 0.3) is 0 Å². The number of hydrogen-bond donors (Lipinski definition) is 2. The molecule has 126 valence electrons. The highest BCUT2D eigenvalue weighted by molar-refractivity contribution is 5.76. The summed E-state index contributed by atoms with van der Waals surface area (Å²) < 4.78 is 5.37. The minimum Gasteiger partial charge on any atom is -0.378 e. The number of carbonyl (C=O) groups excluding carboxylic acids is 1. The second kappa shape index (κ2) is 8.26. The van der Waals surface area contributed by atoms with Crippen molar-refractivity contribution in [2.45, 2.75) is 38.3 Å². The van der Waals surface area contributed by atoms with Crippen molar-refractivity contribution in [1.82, 2.24) is 15.6 Å². The molecule has 2 aliphatic heterocycles. The summed E-state index contributed by atoms with van der Waals surface area (Å²) in [6, 6.07) is 4.19. The van der Waals surface area contributed by atoms with Crippen molar-refractivity contribution >= 4 is 11.7 Å². The average Bonchev–Trinajstić information content (AvgIpc) is 2.62. The summed E-state index contributed by atoms with van der Waals surface area (Å²) in [5.74, 6) is 1.09. The van der Waals surface area contributed by atoms with Gasteiger partial charge in [-0.05, 0) is 37.0 Å². The van der Waals surface area contributed by atoms with E-state index in [1.807, 2.05) is 12.3 Å². The predicted molar refractivity (Wildman–Crippen MR) is 89.4 cm³/mol. The van der Waals surface area contributed by atoms with Gasteiger partial charge in [-0.2, -0.15) is 0 Å². The Bertz CT molecular complexity index is 511. The van der Waals surface area contributed by atoms with Crippen LogP contribution in [-0.4, -0.2) is 49.8 Å². The minimum atomic E-state index is 0.0596. The van der Waals surface area contributed by atoms with Gasteiger partial charge in [0.15, 0.2) is 0 Å². The number of ether oxygens (including phenoxy) is 1. The van der Waals surface area contributed by atoms with E-state index in [9.17, 15) is 4.79 Å². The lowest BCUT2D eigenvalue weighted by atomic mass is 10.1. The third-order valence-corrected chi connectivity index (χ3v) is 4.41. The molecular formula is C17H26N4O2. The van der Waals surface area contributed by atoms with E-state index in [0.29, 0.717) is 19.6 Å². The zero-order valence-corrected chi connectivity index (χ0v) is 13.6. The Hall–Kier alpha value is -1.66. The summed E-state index contributed by atoms with van der Waals surface area (Å²) >= 11 is 0. The van der Waals surface area contributed by atoms with E-state index in [1.165, 1.54) is 19.3 Å². The van der Waals surface area contributed by atoms with Crippen molar-refractivity contribution < 1.29 is 9.53 Å². The molecule has 0 aliphatic carbocycles. The number of carbonyl (C=O) groups is 1. The second-order valence-corrected chi connectivity index (χ2v) is 6.28. The molecule has 2 saturated heterocycles. The number of nitrogens with one attached hydrogen (secondary N) is 2. The molecule has 1 unspecified atom stereocenters. The van der Waals surface area contributed by atoms with Crippen molar-refractivity contribution in [2.24, 2.45) is 0 Å². The van der Waals surface area contributed by atoms with Crippen molar-refractivity contribution in [3.8, 4) is 0 Å². The number of amides is 1. The molecule has 23 heavy (non-hydrogen) atoms. The molecule has 6 heteroatoms. The molecule has 0 radical (unpaired) electrons. The van der Waals surface area contributed by atoms with Crippen LogP contribution in [0.15, 0.2) is 18.3 Å². The molecule has 1 atom stereocenters. The summed E-state index contributed by atoms with van der Waals surface area (Å²) in [4.78, 5) is 18.8. The summed E-state index contributed by atoms with van der Waals surface area (Å²) in [6.07, 6.45) is 6.08. The largest absolute Gasteiger partial charge is 0.378 e. The zero-order valence-electron chi connectivity index (χ0n) is 13.6. The average molecular weight is 318 g/mol. The maximum atomic E-state index is 12.0. The van der Waals surface area contributed by atoms with Gasteiger partial charge in [-0.3, -0.25) is 4.79 Å². The number of rotatable bonds is 5. The molecule has 3 rings (SSSR count). The molecule has 0 bridgehead atoms. The van der Waals surface area contributed by atoms with Crippen LogP contribution in [0.5, 0.6) is 0 Å². The van der Waals surface area contributed by atoms with Gasteiger partial charge in [-0.15, -0.1) is 0 Å². The first kappa shape index (κ1) is 16.2. The van der Waals surface area contributed by atoms with Crippen LogP contribution in [0.4, 0.5) is 5.82 Å². The van der Waals surface area contributed by atoms with E-state index in [0.717, 1.165) is 37.6 Å². The number of piperidine rings is 1. The molecule has 2 N–H and O–H groups in total. The number of nitrogens with zero attached hydrogens (tertiary/aromatic N) is 2. The predicted octanol–water partition coefficient (Wildman–Crippen LogP) is 1.07. The van der Waals surface area contributed by atoms with Crippen molar-refractivity contribution in [3.63, 3.8) is 0 Å². The molecule has 1 aromatic rings. The smallest absolute Gasteiger partial charge is 0.221 e. The minimum absolute atomic E-state index is 0.0596. The highest BCUT2D eigenvalue weighted by Gasteiger charge is 2.17. The summed E-state index contributed by atoms with van der Waals surface area (Å²) in [5.41, 5.74) is 1.10. The van der Waals surface area contributed by atoms with Crippen LogP contribution in [0.25, 0.3) is 0 Å². The Morgan fingerprint density at radius 1 is 1.39 bits per heavy atom. The number of aromatic nitrogens is 1.